The number of hydrogen-bond donors (Lipinski definition) is 0. The second-order valence-corrected chi connectivity index (χ2v) is 0. The average molecular weight is 86.4 g/mol. The zero-order chi connectivity index (χ0) is 2.00. The Morgan fingerprint density at radius 1 is 1.25 bits per heavy atom. The summed E-state index contributed by atoms with van der Waals surface area (Å²) in [6.07, 6.45) is 0. The van der Waals surface area contributed by atoms with Gasteiger partial charge in [0.15, 0.2) is 17.4 Å². The van der Waals surface area contributed by atoms with E-state index in [4.69, 9.17) is 0 Å². The van der Waals surface area contributed by atoms with Crippen LogP contribution >= 0.6 is 0 Å². The van der Waals surface area contributed by atoms with Gasteiger partial charge in [-0.05, 0) is 0 Å². The summed E-state index contributed by atoms with van der Waals surface area (Å²) in [6.45, 7) is 4.00. The van der Waals surface area contributed by atoms with Crippen molar-refractivity contribution >= 4 is 40.4 Å². The molecule has 0 spiro atoms. The molecule has 0 aromatic rings. The number of hydrogen-bond acceptors (Lipinski definition) is 0. The Morgan fingerprint density at radius 2 is 1.25 bits per heavy atom. The van der Waals surface area contributed by atoms with Gasteiger partial charge in [0.05, 0.1) is 0 Å². The largest absolute Gasteiger partial charge is 2.00 e. The molecule has 0 nitrogen and oxygen atoms in total. The fourth-order valence-electron chi connectivity index (χ4n) is 0. The zero-order valence-corrected chi connectivity index (χ0v) is 4.12. The van der Waals surface area contributed by atoms with Crippen LogP contribution in [0.4, 0.5) is 0 Å². The van der Waals surface area contributed by atoms with Gasteiger partial charge in [0.2, 0.25) is 0 Å². The van der Waals surface area contributed by atoms with Crippen molar-refractivity contribution in [2.24, 2.45) is 0 Å². The second-order valence-electron chi connectivity index (χ2n) is 0. The van der Waals surface area contributed by atoms with E-state index in [1.54, 1.807) is 0 Å². The van der Waals surface area contributed by atoms with E-state index in [0.29, 0.717) is 0 Å². The van der Waals surface area contributed by atoms with E-state index < -0.39 is 0 Å². The summed E-state index contributed by atoms with van der Waals surface area (Å²) in [5.41, 5.74) is 0. The van der Waals surface area contributed by atoms with E-state index >= 15 is 0 Å². The predicted octanol–water partition coefficient (Wildman–Crippen LogP) is -0.314. The maximum Gasteiger partial charge on any atom is 2.00 e. The minimum Gasteiger partial charge on any atom is -1.00 e. The third-order valence-electron chi connectivity index (χ3n) is 0. The summed E-state index contributed by atoms with van der Waals surface area (Å²) in [4.78, 5) is 0. The molecule has 0 fully saturated rings. The maximum absolute atomic E-state index is 2.00. The van der Waals surface area contributed by atoms with Gasteiger partial charge in [-0.3, -0.25) is 0 Å². The molecule has 2 heteroatoms. The summed E-state index contributed by atoms with van der Waals surface area (Å²) >= 11 is 0. The Bertz CT molecular complexity index is 11.5. The van der Waals surface area contributed by atoms with Crippen molar-refractivity contribution in [2.45, 2.75) is 13.8 Å². The third-order valence-corrected chi connectivity index (χ3v) is 0. The minimum absolute atomic E-state index is 0. The molecule has 0 aliphatic heterocycles. The first-order valence-corrected chi connectivity index (χ1v) is 1.00. The van der Waals surface area contributed by atoms with Crippen molar-refractivity contribution in [3.05, 3.63) is 0 Å². The molecule has 0 saturated heterocycles. The van der Waals surface area contributed by atoms with Crippen LogP contribution in [0.5, 0.6) is 0 Å². The summed E-state index contributed by atoms with van der Waals surface area (Å²) in [5, 5.41) is 0. The Balaban J connectivity index is -0.000000000833. The van der Waals surface area contributed by atoms with E-state index in [-0.39, 0.29) is 43.3 Å². The van der Waals surface area contributed by atoms with Gasteiger partial charge >= 0.3 is 23.1 Å². The molecule has 0 aliphatic carbocycles. The molecule has 0 aromatic heterocycles. The van der Waals surface area contributed by atoms with Crippen LogP contribution < -0.4 is 0 Å². The van der Waals surface area contributed by atoms with Gasteiger partial charge < -0.3 is 2.85 Å². The monoisotopic (exact) mass is 86.1 g/mol. The van der Waals surface area contributed by atoms with Crippen LogP contribution in [-0.4, -0.2) is 40.4 Å². The van der Waals surface area contributed by atoms with Gasteiger partial charge in [-0.2, -0.15) is 0 Å². The SMILES string of the molecule is CC.[AlH3].[H-].[H-].[Mg+2]. The predicted molar refractivity (Wildman–Crippen MR) is 29.3 cm³/mol. The number of rotatable bonds is 0. The molecule has 0 unspecified atom stereocenters. The van der Waals surface area contributed by atoms with Crippen molar-refractivity contribution in [2.75, 3.05) is 0 Å². The van der Waals surface area contributed by atoms with Crippen molar-refractivity contribution < 1.29 is 2.85 Å². The van der Waals surface area contributed by atoms with Gasteiger partial charge in [-0.15, -0.1) is 0 Å². The minimum atomic E-state index is 0. The molecule has 4 heavy (non-hydrogen) atoms. The molecule has 0 atom stereocenters. The van der Waals surface area contributed by atoms with Crippen LogP contribution in [0.15, 0.2) is 0 Å². The Hall–Kier alpha value is 1.30. The van der Waals surface area contributed by atoms with Crippen LogP contribution in [-0.2, 0) is 0 Å². The van der Waals surface area contributed by atoms with E-state index in [1.807, 2.05) is 13.8 Å². The molecule has 0 heterocycles. The van der Waals surface area contributed by atoms with Gasteiger partial charge in [0.1, 0.15) is 0 Å². The fourth-order valence-corrected chi connectivity index (χ4v) is 0. The molecule has 0 amide bonds. The summed E-state index contributed by atoms with van der Waals surface area (Å²) in [6, 6.07) is 0. The van der Waals surface area contributed by atoms with Crippen LogP contribution in [0.3, 0.4) is 0 Å². The third kappa shape index (κ3) is 10.3. The van der Waals surface area contributed by atoms with Gasteiger partial charge in [-0.25, -0.2) is 0 Å². The fraction of sp³-hybridized carbons (Fsp3) is 1.00. The van der Waals surface area contributed by atoms with E-state index in [0.717, 1.165) is 0 Å². The molecule has 0 bridgehead atoms. The van der Waals surface area contributed by atoms with Crippen molar-refractivity contribution in [3.63, 3.8) is 0 Å². The molecule has 0 saturated carbocycles. The van der Waals surface area contributed by atoms with Crippen LogP contribution in [0.2, 0.25) is 0 Å². The Morgan fingerprint density at radius 3 is 1.25 bits per heavy atom. The van der Waals surface area contributed by atoms with Crippen molar-refractivity contribution in [1.82, 2.24) is 0 Å². The zero-order valence-electron chi connectivity index (χ0n) is 4.71. The Labute approximate surface area is 57.2 Å². The van der Waals surface area contributed by atoms with Crippen LogP contribution in [0.25, 0.3) is 0 Å². The molecular weight excluding hydrogens is 75.3 g/mol. The maximum atomic E-state index is 2.00. The summed E-state index contributed by atoms with van der Waals surface area (Å²) in [7, 11) is 0. The summed E-state index contributed by atoms with van der Waals surface area (Å²) < 4.78 is 0. The Kier molecular flexibility index (Phi) is 128. The smallest absolute Gasteiger partial charge is 1.00 e. The molecule has 0 N–H and O–H groups in total. The summed E-state index contributed by atoms with van der Waals surface area (Å²) in [5.74, 6) is 0. The van der Waals surface area contributed by atoms with Crippen LogP contribution in [0, 0.1) is 0 Å². The van der Waals surface area contributed by atoms with E-state index in [9.17, 15) is 0 Å². The van der Waals surface area contributed by atoms with E-state index in [1.165, 1.54) is 0 Å². The molecule has 0 radical (unpaired) electrons. The quantitative estimate of drug-likeness (QED) is 0.355. The van der Waals surface area contributed by atoms with Crippen LogP contribution in [0.1, 0.15) is 16.7 Å². The molecular formula is C2H11AlMg. The first-order chi connectivity index (χ1) is 1.00. The average Bonchev–Trinajstić information content (AvgIpc) is 1.00. The van der Waals surface area contributed by atoms with E-state index in [2.05, 4.69) is 0 Å². The van der Waals surface area contributed by atoms with Gasteiger partial charge in [-0.1, -0.05) is 13.8 Å². The van der Waals surface area contributed by atoms with Gasteiger partial charge in [0.25, 0.3) is 0 Å². The standard InChI is InChI=1S/C2H6.Al.Mg.5H/c1-2;;;;;;;/h1-2H3;;;;;;;/q;;+2;;;;2*-1. The molecule has 24 valence electrons. The molecule has 0 rings (SSSR count). The van der Waals surface area contributed by atoms with Crippen molar-refractivity contribution in [3.8, 4) is 0 Å². The molecule has 0 aliphatic rings. The van der Waals surface area contributed by atoms with Crippen molar-refractivity contribution in [1.29, 1.82) is 0 Å². The topological polar surface area (TPSA) is 0 Å². The van der Waals surface area contributed by atoms with Gasteiger partial charge in [0, 0.05) is 0 Å². The normalized spacial score (nSPS) is 1.50. The second kappa shape index (κ2) is 27.7. The molecule has 0 aromatic carbocycles. The first-order valence-electron chi connectivity index (χ1n) is 1.00. The first kappa shape index (κ1) is 18.5.